The number of rotatable bonds is 5. The van der Waals surface area contributed by atoms with E-state index >= 15 is 0 Å². The molecule has 7 heteroatoms. The average Bonchev–Trinajstić information content (AvgIpc) is 2.69. The molecule has 3 amide bonds. The van der Waals surface area contributed by atoms with Crippen LogP contribution in [0.2, 0.25) is 0 Å². The summed E-state index contributed by atoms with van der Waals surface area (Å²) >= 11 is 0. The van der Waals surface area contributed by atoms with Gasteiger partial charge in [-0.3, -0.25) is 14.4 Å². The van der Waals surface area contributed by atoms with Crippen molar-refractivity contribution in [1.82, 2.24) is 9.80 Å². The normalized spacial score (nSPS) is 14.4. The fraction of sp³-hybridized carbons (Fsp3) is 0.286. The van der Waals surface area contributed by atoms with Crippen molar-refractivity contribution in [3.05, 3.63) is 59.2 Å². The lowest BCUT2D eigenvalue weighted by atomic mass is 10.1. The van der Waals surface area contributed by atoms with Gasteiger partial charge in [0, 0.05) is 31.7 Å². The number of nitrogens with zero attached hydrogens (tertiary/aromatic N) is 2. The molecular formula is C21H24N4O3. The predicted octanol–water partition coefficient (Wildman–Crippen LogP) is 2.02. The van der Waals surface area contributed by atoms with E-state index in [9.17, 15) is 14.4 Å². The molecule has 3 rings (SSSR count). The number of hydrogen-bond donors (Lipinski definition) is 2. The van der Waals surface area contributed by atoms with Crippen molar-refractivity contribution < 1.29 is 14.4 Å². The van der Waals surface area contributed by atoms with Gasteiger partial charge in [-0.2, -0.15) is 0 Å². The van der Waals surface area contributed by atoms with E-state index in [1.807, 2.05) is 26.0 Å². The lowest BCUT2D eigenvalue weighted by molar-refractivity contribution is -0.156. The molecule has 1 aliphatic rings. The van der Waals surface area contributed by atoms with E-state index in [0.717, 1.165) is 11.1 Å². The van der Waals surface area contributed by atoms with E-state index < -0.39 is 11.8 Å². The second-order valence-corrected chi connectivity index (χ2v) is 6.85. The smallest absolute Gasteiger partial charge is 0.312 e. The van der Waals surface area contributed by atoms with Crippen LogP contribution in [0.15, 0.2) is 42.5 Å². The Morgan fingerprint density at radius 2 is 1.68 bits per heavy atom. The number of benzene rings is 2. The van der Waals surface area contributed by atoms with Crippen LogP contribution < -0.4 is 11.1 Å². The maximum absolute atomic E-state index is 12.5. The van der Waals surface area contributed by atoms with Gasteiger partial charge in [-0.15, -0.1) is 0 Å². The first-order valence-corrected chi connectivity index (χ1v) is 9.23. The van der Waals surface area contributed by atoms with E-state index in [-0.39, 0.29) is 5.91 Å². The third-order valence-electron chi connectivity index (χ3n) is 4.83. The van der Waals surface area contributed by atoms with Gasteiger partial charge < -0.3 is 20.9 Å². The molecule has 7 nitrogen and oxygen atoms in total. The molecule has 28 heavy (non-hydrogen) atoms. The number of anilines is 2. The Morgan fingerprint density at radius 3 is 2.36 bits per heavy atom. The van der Waals surface area contributed by atoms with E-state index in [4.69, 9.17) is 5.73 Å². The number of nitrogens with two attached hydrogens (primary N) is 1. The summed E-state index contributed by atoms with van der Waals surface area (Å²) in [6, 6.07) is 12.4. The largest absolute Gasteiger partial charge is 0.397 e. The number of nitrogen functional groups attached to an aromatic ring is 1. The van der Waals surface area contributed by atoms with Crippen LogP contribution in [0, 0.1) is 6.92 Å². The number of amides is 3. The Balaban J connectivity index is 1.65. The van der Waals surface area contributed by atoms with Gasteiger partial charge in [0.05, 0.1) is 11.4 Å². The third-order valence-corrected chi connectivity index (χ3v) is 4.83. The van der Waals surface area contributed by atoms with Crippen molar-refractivity contribution in [2.24, 2.45) is 0 Å². The van der Waals surface area contributed by atoms with Crippen molar-refractivity contribution in [3.8, 4) is 0 Å². The van der Waals surface area contributed by atoms with Gasteiger partial charge in [-0.25, -0.2) is 0 Å². The van der Waals surface area contributed by atoms with Crippen molar-refractivity contribution >= 4 is 29.1 Å². The minimum atomic E-state index is -0.482. The zero-order valence-electron chi connectivity index (χ0n) is 16.1. The van der Waals surface area contributed by atoms with Gasteiger partial charge in [0.2, 0.25) is 0 Å². The summed E-state index contributed by atoms with van der Waals surface area (Å²) < 4.78 is 0. The van der Waals surface area contributed by atoms with Crippen LogP contribution in [0.4, 0.5) is 11.4 Å². The molecule has 3 N–H and O–H groups in total. The highest BCUT2D eigenvalue weighted by molar-refractivity contribution is 6.35. The van der Waals surface area contributed by atoms with Gasteiger partial charge in [0.15, 0.2) is 0 Å². The topological polar surface area (TPSA) is 95.7 Å². The third kappa shape index (κ3) is 4.14. The van der Waals surface area contributed by atoms with Gasteiger partial charge in [-0.1, -0.05) is 18.2 Å². The minimum Gasteiger partial charge on any atom is -0.397 e. The summed E-state index contributed by atoms with van der Waals surface area (Å²) in [4.78, 5) is 39.7. The highest BCUT2D eigenvalue weighted by atomic mass is 16.2. The highest BCUT2D eigenvalue weighted by Crippen LogP contribution is 2.20. The van der Waals surface area contributed by atoms with Gasteiger partial charge >= 0.3 is 11.8 Å². The summed E-state index contributed by atoms with van der Waals surface area (Å²) in [5.41, 5.74) is 9.34. The van der Waals surface area contributed by atoms with Gasteiger partial charge in [0.1, 0.15) is 0 Å². The summed E-state index contributed by atoms with van der Waals surface area (Å²) in [6.45, 7) is 5.71. The van der Waals surface area contributed by atoms with Crippen molar-refractivity contribution in [2.45, 2.75) is 20.4 Å². The van der Waals surface area contributed by atoms with E-state index in [0.29, 0.717) is 43.1 Å². The molecule has 0 bridgehead atoms. The van der Waals surface area contributed by atoms with Gasteiger partial charge in [0.25, 0.3) is 5.91 Å². The molecule has 1 saturated heterocycles. The molecule has 146 valence electrons. The predicted molar refractivity (Wildman–Crippen MR) is 108 cm³/mol. The Kier molecular flexibility index (Phi) is 5.63. The lowest BCUT2D eigenvalue weighted by Gasteiger charge is -2.33. The minimum absolute atomic E-state index is 0.258. The number of aryl methyl sites for hydroxylation is 1. The van der Waals surface area contributed by atoms with Crippen LogP contribution >= 0.6 is 0 Å². The Morgan fingerprint density at radius 1 is 1.04 bits per heavy atom. The highest BCUT2D eigenvalue weighted by Gasteiger charge is 2.31. The molecule has 1 heterocycles. The van der Waals surface area contributed by atoms with E-state index in [1.54, 1.807) is 35.2 Å². The Hall–Kier alpha value is -3.35. The summed E-state index contributed by atoms with van der Waals surface area (Å²) in [5, 5.41) is 2.81. The molecule has 2 aromatic rings. The molecule has 2 aromatic carbocycles. The zero-order valence-corrected chi connectivity index (χ0v) is 16.1. The molecule has 0 aliphatic carbocycles. The number of carbonyl (C=O) groups excluding carboxylic acids is 3. The Bertz CT molecular complexity index is 908. The number of likely N-dealkylation sites (N-methyl/N-ethyl adjacent to an activating group) is 1. The molecular weight excluding hydrogens is 356 g/mol. The molecule has 0 unspecified atom stereocenters. The molecule has 0 radical (unpaired) electrons. The van der Waals surface area contributed by atoms with Crippen LogP contribution in [0.1, 0.15) is 28.4 Å². The maximum atomic E-state index is 12.5. The van der Waals surface area contributed by atoms with Crippen LogP contribution in [0.3, 0.4) is 0 Å². The quantitative estimate of drug-likeness (QED) is 0.613. The fourth-order valence-electron chi connectivity index (χ4n) is 3.12. The summed E-state index contributed by atoms with van der Waals surface area (Å²) in [6.07, 6.45) is 0. The molecule has 0 aromatic heterocycles. The second kappa shape index (κ2) is 8.12. The first kappa shape index (κ1) is 19.4. The number of carbonyl (C=O) groups is 3. The summed E-state index contributed by atoms with van der Waals surface area (Å²) in [7, 11) is 0. The van der Waals surface area contributed by atoms with E-state index in [2.05, 4.69) is 5.32 Å². The Labute approximate surface area is 164 Å². The van der Waals surface area contributed by atoms with Crippen molar-refractivity contribution in [1.29, 1.82) is 0 Å². The molecule has 1 aliphatic heterocycles. The maximum Gasteiger partial charge on any atom is 0.312 e. The van der Waals surface area contributed by atoms with Gasteiger partial charge in [-0.05, 0) is 49.2 Å². The van der Waals surface area contributed by atoms with Crippen molar-refractivity contribution in [3.63, 3.8) is 0 Å². The summed E-state index contributed by atoms with van der Waals surface area (Å²) in [5.74, 6) is -1.20. The lowest BCUT2D eigenvalue weighted by Crippen LogP contribution is -2.53. The number of piperazine rings is 1. The van der Waals surface area contributed by atoms with Crippen LogP contribution in [-0.4, -0.2) is 47.2 Å². The molecule has 1 fully saturated rings. The van der Waals surface area contributed by atoms with E-state index in [1.165, 1.54) is 4.90 Å². The standard InChI is InChI=1S/C21H24N4O3/c1-3-24-10-11-25(21(28)20(24)27)13-15-5-7-16(8-6-15)19(26)23-18-12-14(2)4-9-17(18)22/h4-9,12H,3,10-11,13,22H2,1-2H3,(H,23,26). The van der Waals surface area contributed by atoms with Crippen LogP contribution in [0.25, 0.3) is 0 Å². The van der Waals surface area contributed by atoms with Crippen molar-refractivity contribution in [2.75, 3.05) is 30.7 Å². The number of nitrogens with one attached hydrogen (secondary N) is 1. The monoisotopic (exact) mass is 380 g/mol. The second-order valence-electron chi connectivity index (χ2n) is 6.85. The first-order chi connectivity index (χ1) is 13.4. The molecule has 0 saturated carbocycles. The molecule has 0 spiro atoms. The molecule has 0 atom stereocenters. The average molecular weight is 380 g/mol. The van der Waals surface area contributed by atoms with Crippen LogP contribution in [-0.2, 0) is 16.1 Å². The zero-order chi connectivity index (χ0) is 20.3. The fourth-order valence-corrected chi connectivity index (χ4v) is 3.12. The van der Waals surface area contributed by atoms with Crippen LogP contribution in [0.5, 0.6) is 0 Å². The SMILES string of the molecule is CCN1CCN(Cc2ccc(C(=O)Nc3cc(C)ccc3N)cc2)C(=O)C1=O. The number of hydrogen-bond acceptors (Lipinski definition) is 4. The first-order valence-electron chi connectivity index (χ1n) is 9.23.